The van der Waals surface area contributed by atoms with E-state index < -0.39 is 5.54 Å². The van der Waals surface area contributed by atoms with Crippen molar-refractivity contribution >= 4 is 24.2 Å². The Kier molecular flexibility index (Phi) is 9.06. The van der Waals surface area contributed by atoms with Gasteiger partial charge in [0.15, 0.2) is 0 Å². The number of hydrogen-bond donors (Lipinski definition) is 2. The predicted molar refractivity (Wildman–Crippen MR) is 71.1 cm³/mol. The number of carbonyl (C=O) groups is 2. The molecule has 0 aliphatic rings. The van der Waals surface area contributed by atoms with Crippen LogP contribution >= 0.6 is 12.4 Å². The molecule has 0 aromatic heterocycles. The van der Waals surface area contributed by atoms with Crippen molar-refractivity contribution in [3.05, 3.63) is 0 Å². The topological polar surface area (TPSA) is 75.4 Å². The van der Waals surface area contributed by atoms with Gasteiger partial charge < -0.3 is 16.0 Å². The highest BCUT2D eigenvalue weighted by Crippen LogP contribution is 2.08. The molecule has 0 aromatic carbocycles. The van der Waals surface area contributed by atoms with Crippen molar-refractivity contribution in [1.82, 2.24) is 10.2 Å². The molecule has 2 amide bonds. The van der Waals surface area contributed by atoms with E-state index in [1.807, 2.05) is 6.92 Å². The van der Waals surface area contributed by atoms with Crippen LogP contribution in [-0.2, 0) is 9.59 Å². The SMILES string of the molecule is CCCC(C)(N)C(=O)NCCC(=O)N(C)C.Cl. The summed E-state index contributed by atoms with van der Waals surface area (Å²) >= 11 is 0. The minimum Gasteiger partial charge on any atom is -0.354 e. The Morgan fingerprint density at radius 3 is 2.29 bits per heavy atom. The average molecular weight is 266 g/mol. The van der Waals surface area contributed by atoms with Crippen molar-refractivity contribution in [2.75, 3.05) is 20.6 Å². The number of nitrogens with one attached hydrogen (secondary N) is 1. The number of rotatable bonds is 6. The largest absolute Gasteiger partial charge is 0.354 e. The molecule has 1 atom stereocenters. The fourth-order valence-corrected chi connectivity index (χ4v) is 1.34. The fraction of sp³-hybridized carbons (Fsp3) is 0.818. The minimum absolute atomic E-state index is 0. The molecule has 0 spiro atoms. The summed E-state index contributed by atoms with van der Waals surface area (Å²) in [5, 5.41) is 2.68. The van der Waals surface area contributed by atoms with E-state index in [9.17, 15) is 9.59 Å². The molecule has 0 heterocycles. The van der Waals surface area contributed by atoms with Crippen LogP contribution in [0.15, 0.2) is 0 Å². The van der Waals surface area contributed by atoms with Gasteiger partial charge in [-0.1, -0.05) is 13.3 Å². The first kappa shape index (κ1) is 18.6. The van der Waals surface area contributed by atoms with Crippen molar-refractivity contribution in [2.45, 2.75) is 38.6 Å². The van der Waals surface area contributed by atoms with Crippen LogP contribution in [0.5, 0.6) is 0 Å². The molecule has 17 heavy (non-hydrogen) atoms. The molecule has 0 saturated heterocycles. The zero-order chi connectivity index (χ0) is 12.8. The lowest BCUT2D eigenvalue weighted by atomic mass is 9.96. The van der Waals surface area contributed by atoms with Crippen LogP contribution in [0, 0.1) is 0 Å². The molecule has 102 valence electrons. The van der Waals surface area contributed by atoms with Gasteiger partial charge in [0, 0.05) is 27.1 Å². The van der Waals surface area contributed by atoms with Gasteiger partial charge in [-0.15, -0.1) is 12.4 Å². The Bertz CT molecular complexity index is 255. The summed E-state index contributed by atoms with van der Waals surface area (Å²) in [5.74, 6) is -0.199. The van der Waals surface area contributed by atoms with Gasteiger partial charge in [-0.25, -0.2) is 0 Å². The predicted octanol–water partition coefficient (Wildman–Crippen LogP) is 0.520. The summed E-state index contributed by atoms with van der Waals surface area (Å²) in [6.07, 6.45) is 1.80. The summed E-state index contributed by atoms with van der Waals surface area (Å²) < 4.78 is 0. The number of carbonyl (C=O) groups excluding carboxylic acids is 2. The average Bonchev–Trinajstić information content (AvgIpc) is 2.16. The van der Waals surface area contributed by atoms with Crippen molar-refractivity contribution < 1.29 is 9.59 Å². The van der Waals surface area contributed by atoms with Crippen LogP contribution in [-0.4, -0.2) is 42.9 Å². The highest BCUT2D eigenvalue weighted by molar-refractivity contribution is 5.86. The van der Waals surface area contributed by atoms with Crippen molar-refractivity contribution in [3.8, 4) is 0 Å². The van der Waals surface area contributed by atoms with E-state index in [4.69, 9.17) is 5.73 Å². The second-order valence-corrected chi connectivity index (χ2v) is 4.46. The third kappa shape index (κ3) is 7.18. The van der Waals surface area contributed by atoms with Crippen LogP contribution in [0.3, 0.4) is 0 Å². The molecule has 0 aliphatic heterocycles. The summed E-state index contributed by atoms with van der Waals surface area (Å²) in [6, 6.07) is 0. The van der Waals surface area contributed by atoms with E-state index in [2.05, 4.69) is 5.32 Å². The van der Waals surface area contributed by atoms with Gasteiger partial charge in [0.1, 0.15) is 0 Å². The minimum atomic E-state index is -0.837. The van der Waals surface area contributed by atoms with Crippen LogP contribution in [0.4, 0.5) is 0 Å². The molecule has 0 saturated carbocycles. The summed E-state index contributed by atoms with van der Waals surface area (Å²) in [6.45, 7) is 4.03. The molecule has 0 fully saturated rings. The summed E-state index contributed by atoms with van der Waals surface area (Å²) in [5.41, 5.74) is 5.00. The number of nitrogens with two attached hydrogens (primary N) is 1. The number of amides is 2. The maximum absolute atomic E-state index is 11.6. The zero-order valence-corrected chi connectivity index (χ0v) is 11.9. The molecule has 1 unspecified atom stereocenters. The molecule has 6 heteroatoms. The molecular weight excluding hydrogens is 242 g/mol. The third-order valence-corrected chi connectivity index (χ3v) is 2.41. The van der Waals surface area contributed by atoms with Gasteiger partial charge in [-0.3, -0.25) is 9.59 Å². The monoisotopic (exact) mass is 265 g/mol. The molecule has 0 aliphatic carbocycles. The van der Waals surface area contributed by atoms with Crippen molar-refractivity contribution in [1.29, 1.82) is 0 Å². The molecule has 0 rings (SSSR count). The zero-order valence-electron chi connectivity index (χ0n) is 11.1. The lowest BCUT2D eigenvalue weighted by Crippen LogP contribution is -2.52. The summed E-state index contributed by atoms with van der Waals surface area (Å²) in [7, 11) is 3.38. The summed E-state index contributed by atoms with van der Waals surface area (Å²) in [4.78, 5) is 24.4. The van der Waals surface area contributed by atoms with Crippen LogP contribution in [0.25, 0.3) is 0 Å². The molecular formula is C11H24ClN3O2. The van der Waals surface area contributed by atoms with E-state index in [1.165, 1.54) is 4.90 Å². The third-order valence-electron chi connectivity index (χ3n) is 2.41. The van der Waals surface area contributed by atoms with Gasteiger partial charge in [-0.2, -0.15) is 0 Å². The first-order valence-corrected chi connectivity index (χ1v) is 5.58. The van der Waals surface area contributed by atoms with E-state index >= 15 is 0 Å². The van der Waals surface area contributed by atoms with E-state index in [1.54, 1.807) is 21.0 Å². The highest BCUT2D eigenvalue weighted by atomic mass is 35.5. The second-order valence-electron chi connectivity index (χ2n) is 4.46. The first-order chi connectivity index (χ1) is 7.31. The maximum Gasteiger partial charge on any atom is 0.239 e. The quantitative estimate of drug-likeness (QED) is 0.735. The Balaban J connectivity index is 0. The van der Waals surface area contributed by atoms with Gasteiger partial charge in [0.25, 0.3) is 0 Å². The fourth-order valence-electron chi connectivity index (χ4n) is 1.34. The highest BCUT2D eigenvalue weighted by Gasteiger charge is 2.26. The first-order valence-electron chi connectivity index (χ1n) is 5.58. The Hall–Kier alpha value is -0.810. The lowest BCUT2D eigenvalue weighted by Gasteiger charge is -2.22. The van der Waals surface area contributed by atoms with Gasteiger partial charge in [-0.05, 0) is 13.3 Å². The number of hydrogen-bond acceptors (Lipinski definition) is 3. The van der Waals surface area contributed by atoms with Gasteiger partial charge >= 0.3 is 0 Å². The smallest absolute Gasteiger partial charge is 0.239 e. The van der Waals surface area contributed by atoms with E-state index in [0.29, 0.717) is 19.4 Å². The Morgan fingerprint density at radius 2 is 1.88 bits per heavy atom. The Labute approximate surface area is 110 Å². The normalized spacial score (nSPS) is 13.2. The lowest BCUT2D eigenvalue weighted by molar-refractivity contribution is -0.129. The van der Waals surface area contributed by atoms with Gasteiger partial charge in [0.05, 0.1) is 5.54 Å². The number of halogens is 1. The van der Waals surface area contributed by atoms with Crippen LogP contribution in [0.2, 0.25) is 0 Å². The maximum atomic E-state index is 11.6. The van der Waals surface area contributed by atoms with Crippen molar-refractivity contribution in [3.63, 3.8) is 0 Å². The molecule has 0 radical (unpaired) electrons. The van der Waals surface area contributed by atoms with Gasteiger partial charge in [0.2, 0.25) is 11.8 Å². The van der Waals surface area contributed by atoms with E-state index in [-0.39, 0.29) is 24.2 Å². The molecule has 0 bridgehead atoms. The molecule has 5 nitrogen and oxygen atoms in total. The second kappa shape index (κ2) is 8.31. The van der Waals surface area contributed by atoms with Crippen LogP contribution in [0.1, 0.15) is 33.1 Å². The molecule has 3 N–H and O–H groups in total. The van der Waals surface area contributed by atoms with Crippen molar-refractivity contribution in [2.24, 2.45) is 5.73 Å². The number of nitrogens with zero attached hydrogens (tertiary/aromatic N) is 1. The standard InChI is InChI=1S/C11H23N3O2.ClH/c1-5-7-11(2,12)10(16)13-8-6-9(15)14(3)4;/h5-8,12H2,1-4H3,(H,13,16);1H. The molecule has 0 aromatic rings. The van der Waals surface area contributed by atoms with Crippen LogP contribution < -0.4 is 11.1 Å². The Morgan fingerprint density at radius 1 is 1.35 bits per heavy atom. The van der Waals surface area contributed by atoms with E-state index in [0.717, 1.165) is 6.42 Å².